The molecule has 0 unspecified atom stereocenters. The van der Waals surface area contributed by atoms with Gasteiger partial charge in [0.1, 0.15) is 0 Å². The lowest BCUT2D eigenvalue weighted by atomic mass is 10.1. The van der Waals surface area contributed by atoms with Crippen molar-refractivity contribution in [1.82, 2.24) is 9.78 Å². The van der Waals surface area contributed by atoms with Crippen LogP contribution in [0, 0.1) is 6.92 Å². The van der Waals surface area contributed by atoms with E-state index in [1.165, 1.54) is 0 Å². The van der Waals surface area contributed by atoms with Crippen LogP contribution in [0.3, 0.4) is 0 Å². The summed E-state index contributed by atoms with van der Waals surface area (Å²) >= 11 is 0. The van der Waals surface area contributed by atoms with Gasteiger partial charge in [-0.25, -0.2) is 4.68 Å². The molecule has 0 spiro atoms. The van der Waals surface area contributed by atoms with Gasteiger partial charge >= 0.3 is 0 Å². The fraction of sp³-hybridized carbons (Fsp3) is 0.286. The molecule has 0 N–H and O–H groups in total. The molecule has 3 heteroatoms. The van der Waals surface area contributed by atoms with Crippen molar-refractivity contribution in [2.24, 2.45) is 0 Å². The van der Waals surface area contributed by atoms with Crippen LogP contribution in [-0.4, -0.2) is 16.1 Å². The number of hydrogen-bond donors (Lipinski definition) is 0. The zero-order chi connectivity index (χ0) is 12.4. The standard InChI is InChI=1S/C14H16N2O/c1-10(2)13-6-7-16(15-13)14-5-4-11(3)8-12(14)9-17/h4-10H,1-3H3. The Hall–Kier alpha value is -1.90. The van der Waals surface area contributed by atoms with Gasteiger partial charge in [-0.3, -0.25) is 4.79 Å². The van der Waals surface area contributed by atoms with Gasteiger partial charge in [0.25, 0.3) is 0 Å². The van der Waals surface area contributed by atoms with Crippen LogP contribution in [0.5, 0.6) is 0 Å². The number of hydrogen-bond acceptors (Lipinski definition) is 2. The molecule has 0 aliphatic rings. The molecule has 2 aromatic rings. The first-order valence-corrected chi connectivity index (χ1v) is 5.73. The Kier molecular flexibility index (Phi) is 3.09. The molecule has 2 rings (SSSR count). The maximum absolute atomic E-state index is 11.1. The van der Waals surface area contributed by atoms with Gasteiger partial charge in [0, 0.05) is 11.8 Å². The molecule has 3 nitrogen and oxygen atoms in total. The molecule has 0 saturated heterocycles. The smallest absolute Gasteiger partial charge is 0.152 e. The third kappa shape index (κ3) is 2.28. The van der Waals surface area contributed by atoms with Crippen LogP contribution in [0.1, 0.15) is 41.4 Å². The van der Waals surface area contributed by atoms with Gasteiger partial charge in [-0.1, -0.05) is 25.5 Å². The van der Waals surface area contributed by atoms with Crippen molar-refractivity contribution >= 4 is 6.29 Å². The van der Waals surface area contributed by atoms with Crippen molar-refractivity contribution in [3.63, 3.8) is 0 Å². The Balaban J connectivity index is 2.48. The van der Waals surface area contributed by atoms with Crippen LogP contribution in [0.4, 0.5) is 0 Å². The van der Waals surface area contributed by atoms with Gasteiger partial charge in [-0.15, -0.1) is 0 Å². The number of rotatable bonds is 3. The third-order valence-electron chi connectivity index (χ3n) is 2.76. The zero-order valence-corrected chi connectivity index (χ0v) is 10.3. The van der Waals surface area contributed by atoms with Crippen molar-refractivity contribution < 1.29 is 4.79 Å². The van der Waals surface area contributed by atoms with E-state index in [4.69, 9.17) is 0 Å². The Morgan fingerprint density at radius 1 is 1.29 bits per heavy atom. The fourth-order valence-electron chi connectivity index (χ4n) is 1.76. The second kappa shape index (κ2) is 4.53. The number of benzene rings is 1. The van der Waals surface area contributed by atoms with E-state index in [9.17, 15) is 4.79 Å². The van der Waals surface area contributed by atoms with E-state index in [2.05, 4.69) is 18.9 Å². The predicted octanol–water partition coefficient (Wildman–Crippen LogP) is 3.12. The minimum Gasteiger partial charge on any atom is -0.298 e. The number of carbonyl (C=O) groups is 1. The lowest BCUT2D eigenvalue weighted by Crippen LogP contribution is -2.01. The Morgan fingerprint density at radius 3 is 2.65 bits per heavy atom. The molecule has 88 valence electrons. The van der Waals surface area contributed by atoms with Crippen LogP contribution in [0.25, 0.3) is 5.69 Å². The summed E-state index contributed by atoms with van der Waals surface area (Å²) in [5, 5.41) is 4.48. The first kappa shape index (κ1) is 11.6. The number of aromatic nitrogens is 2. The molecular formula is C14H16N2O. The normalized spacial score (nSPS) is 10.8. The average molecular weight is 228 g/mol. The third-order valence-corrected chi connectivity index (χ3v) is 2.76. The number of aldehydes is 1. The quantitative estimate of drug-likeness (QED) is 0.756. The van der Waals surface area contributed by atoms with Crippen molar-refractivity contribution in [3.05, 3.63) is 47.3 Å². The molecule has 0 bridgehead atoms. The van der Waals surface area contributed by atoms with Crippen molar-refractivity contribution in [1.29, 1.82) is 0 Å². The first-order valence-electron chi connectivity index (χ1n) is 5.73. The largest absolute Gasteiger partial charge is 0.298 e. The number of carbonyl (C=O) groups excluding carboxylic acids is 1. The highest BCUT2D eigenvalue weighted by Gasteiger charge is 2.08. The van der Waals surface area contributed by atoms with Gasteiger partial charge in [-0.2, -0.15) is 5.10 Å². The molecule has 1 aromatic heterocycles. The predicted molar refractivity (Wildman–Crippen MR) is 67.8 cm³/mol. The molecule has 0 atom stereocenters. The van der Waals surface area contributed by atoms with Crippen LogP contribution in [-0.2, 0) is 0 Å². The summed E-state index contributed by atoms with van der Waals surface area (Å²) in [4.78, 5) is 11.1. The first-order chi connectivity index (χ1) is 8.11. The summed E-state index contributed by atoms with van der Waals surface area (Å²) in [6.45, 7) is 6.17. The van der Waals surface area contributed by atoms with Crippen molar-refractivity contribution in [3.8, 4) is 5.69 Å². The van der Waals surface area contributed by atoms with Crippen LogP contribution < -0.4 is 0 Å². The van der Waals surface area contributed by atoms with E-state index in [0.717, 1.165) is 23.2 Å². The van der Waals surface area contributed by atoms with Crippen molar-refractivity contribution in [2.45, 2.75) is 26.7 Å². The highest BCUT2D eigenvalue weighted by molar-refractivity contribution is 5.81. The Labute approximate surface area is 101 Å². The molecule has 0 aliphatic heterocycles. The van der Waals surface area contributed by atoms with Gasteiger partial charge in [0.15, 0.2) is 6.29 Å². The van der Waals surface area contributed by atoms with Crippen LogP contribution in [0.2, 0.25) is 0 Å². The molecule has 0 saturated carbocycles. The lowest BCUT2D eigenvalue weighted by Gasteiger charge is -2.06. The SMILES string of the molecule is Cc1ccc(-n2ccc(C(C)C)n2)c(C=O)c1. The molecule has 0 radical (unpaired) electrons. The summed E-state index contributed by atoms with van der Waals surface area (Å²) in [5.74, 6) is 0.390. The monoisotopic (exact) mass is 228 g/mol. The van der Waals surface area contributed by atoms with Gasteiger partial charge < -0.3 is 0 Å². The van der Waals surface area contributed by atoms with Crippen LogP contribution in [0.15, 0.2) is 30.5 Å². The Bertz CT molecular complexity index is 541. The molecular weight excluding hydrogens is 212 g/mol. The van der Waals surface area contributed by atoms with Crippen molar-refractivity contribution in [2.75, 3.05) is 0 Å². The molecule has 1 heterocycles. The highest BCUT2D eigenvalue weighted by Crippen LogP contribution is 2.17. The topological polar surface area (TPSA) is 34.9 Å². The molecule has 0 amide bonds. The van der Waals surface area contributed by atoms with Gasteiger partial charge in [0.2, 0.25) is 0 Å². The maximum Gasteiger partial charge on any atom is 0.152 e. The summed E-state index contributed by atoms with van der Waals surface area (Å²) in [7, 11) is 0. The fourth-order valence-corrected chi connectivity index (χ4v) is 1.76. The maximum atomic E-state index is 11.1. The van der Waals surface area contributed by atoms with E-state index in [-0.39, 0.29) is 0 Å². The second-order valence-corrected chi connectivity index (χ2v) is 4.52. The highest BCUT2D eigenvalue weighted by atomic mass is 16.1. The lowest BCUT2D eigenvalue weighted by molar-refractivity contribution is 0.112. The second-order valence-electron chi connectivity index (χ2n) is 4.52. The number of nitrogens with zero attached hydrogens (tertiary/aromatic N) is 2. The molecule has 0 aliphatic carbocycles. The summed E-state index contributed by atoms with van der Waals surface area (Å²) in [6.07, 6.45) is 2.77. The minimum absolute atomic E-state index is 0.390. The Morgan fingerprint density at radius 2 is 2.06 bits per heavy atom. The van der Waals surface area contributed by atoms with E-state index in [1.807, 2.05) is 37.4 Å². The summed E-state index contributed by atoms with van der Waals surface area (Å²) in [5.41, 5.74) is 3.61. The van der Waals surface area contributed by atoms with E-state index < -0.39 is 0 Å². The summed E-state index contributed by atoms with van der Waals surface area (Å²) < 4.78 is 1.76. The van der Waals surface area contributed by atoms with Gasteiger partial charge in [-0.05, 0) is 31.0 Å². The van der Waals surface area contributed by atoms with E-state index in [1.54, 1.807) is 4.68 Å². The van der Waals surface area contributed by atoms with E-state index >= 15 is 0 Å². The molecule has 1 aromatic carbocycles. The molecule has 0 fully saturated rings. The minimum atomic E-state index is 0.390. The molecule has 17 heavy (non-hydrogen) atoms. The average Bonchev–Trinajstić information content (AvgIpc) is 2.78. The van der Waals surface area contributed by atoms with Crippen LogP contribution >= 0.6 is 0 Å². The van der Waals surface area contributed by atoms with Gasteiger partial charge in [0.05, 0.1) is 11.4 Å². The number of aryl methyl sites for hydroxylation is 1. The van der Waals surface area contributed by atoms with E-state index in [0.29, 0.717) is 11.5 Å². The zero-order valence-electron chi connectivity index (χ0n) is 10.3. The summed E-state index contributed by atoms with van der Waals surface area (Å²) in [6, 6.07) is 7.77.